The third-order valence-corrected chi connectivity index (χ3v) is 4.24. The van der Waals surface area contributed by atoms with Gasteiger partial charge < -0.3 is 5.73 Å². The van der Waals surface area contributed by atoms with E-state index in [1.165, 1.54) is 4.68 Å². The van der Waals surface area contributed by atoms with Gasteiger partial charge in [-0.1, -0.05) is 18.2 Å². The fourth-order valence-corrected chi connectivity index (χ4v) is 2.78. The highest BCUT2D eigenvalue weighted by Gasteiger charge is 2.40. The molecule has 0 radical (unpaired) electrons. The Bertz CT molecular complexity index is 933. The molecule has 4 rings (SSSR count). The lowest BCUT2D eigenvalue weighted by molar-refractivity contribution is 0.0949. The van der Waals surface area contributed by atoms with E-state index in [0.717, 1.165) is 5.56 Å². The van der Waals surface area contributed by atoms with Crippen LogP contribution in [0.3, 0.4) is 0 Å². The Kier molecular flexibility index (Phi) is 2.94. The van der Waals surface area contributed by atoms with Crippen LogP contribution in [0.5, 0.6) is 0 Å². The number of hydrogen-bond acceptors (Lipinski definition) is 4. The van der Waals surface area contributed by atoms with Gasteiger partial charge >= 0.3 is 0 Å². The van der Waals surface area contributed by atoms with E-state index < -0.39 is 6.17 Å². The minimum atomic E-state index is -0.847. The summed E-state index contributed by atoms with van der Waals surface area (Å²) < 4.78 is 14.5. The smallest absolute Gasteiger partial charge is 0.280 e. The van der Waals surface area contributed by atoms with Gasteiger partial charge in [-0.3, -0.25) is 4.79 Å². The second-order valence-corrected chi connectivity index (χ2v) is 5.88. The van der Waals surface area contributed by atoms with Crippen molar-refractivity contribution in [3.05, 3.63) is 53.2 Å². The zero-order valence-corrected chi connectivity index (χ0v) is 12.5. The standard InChI is InChI=1S/C17H15FN4O/c1-9-4-2-3-5-10(9)17(23)22-16-11(15(19)21-22)6-7-14(20-16)12-8-13(12)18/h2-7,12-13H,8H2,1H3,(H2,19,21)/t12-,13-/m0/s1. The molecule has 5 nitrogen and oxygen atoms in total. The Hall–Kier alpha value is -2.76. The molecule has 0 spiro atoms. The van der Waals surface area contributed by atoms with Gasteiger partial charge in [0.2, 0.25) is 0 Å². The van der Waals surface area contributed by atoms with Crippen LogP contribution >= 0.6 is 0 Å². The van der Waals surface area contributed by atoms with Gasteiger partial charge in [0, 0.05) is 17.2 Å². The fraction of sp³-hybridized carbons (Fsp3) is 0.235. The van der Waals surface area contributed by atoms with Gasteiger partial charge in [0.1, 0.15) is 6.17 Å². The Labute approximate surface area is 131 Å². The highest BCUT2D eigenvalue weighted by atomic mass is 19.1. The first-order chi connectivity index (χ1) is 11.1. The predicted molar refractivity (Wildman–Crippen MR) is 85.1 cm³/mol. The summed E-state index contributed by atoms with van der Waals surface area (Å²) in [5, 5.41) is 4.74. The molecule has 2 heterocycles. The number of benzene rings is 1. The van der Waals surface area contributed by atoms with E-state index in [-0.39, 0.29) is 17.6 Å². The van der Waals surface area contributed by atoms with Crippen LogP contribution in [-0.2, 0) is 0 Å². The number of rotatable bonds is 2. The Morgan fingerprint density at radius 3 is 2.74 bits per heavy atom. The SMILES string of the molecule is Cc1ccccc1C(=O)n1nc(N)c2ccc([C@H]3C[C@@H]3F)nc21. The summed E-state index contributed by atoms with van der Waals surface area (Å²) in [6.07, 6.45) is -0.367. The summed E-state index contributed by atoms with van der Waals surface area (Å²) in [4.78, 5) is 17.2. The van der Waals surface area contributed by atoms with Crippen molar-refractivity contribution in [2.45, 2.75) is 25.4 Å². The van der Waals surface area contributed by atoms with Crippen molar-refractivity contribution in [3.8, 4) is 0 Å². The van der Waals surface area contributed by atoms with E-state index in [0.29, 0.717) is 28.7 Å². The number of nitrogens with zero attached hydrogens (tertiary/aromatic N) is 3. The molecule has 0 bridgehead atoms. The molecule has 0 amide bonds. The lowest BCUT2D eigenvalue weighted by atomic mass is 10.1. The maximum atomic E-state index is 13.3. The van der Waals surface area contributed by atoms with Crippen molar-refractivity contribution in [3.63, 3.8) is 0 Å². The number of aryl methyl sites for hydroxylation is 1. The summed E-state index contributed by atoms with van der Waals surface area (Å²) in [6, 6.07) is 10.8. The molecule has 116 valence electrons. The number of fused-ring (bicyclic) bond motifs is 1. The molecule has 23 heavy (non-hydrogen) atoms. The van der Waals surface area contributed by atoms with E-state index in [1.807, 2.05) is 19.1 Å². The van der Waals surface area contributed by atoms with Crippen LogP contribution in [0, 0.1) is 6.92 Å². The number of anilines is 1. The topological polar surface area (TPSA) is 73.8 Å². The van der Waals surface area contributed by atoms with E-state index in [1.54, 1.807) is 24.3 Å². The molecule has 2 N–H and O–H groups in total. The molecule has 1 aliphatic rings. The predicted octanol–water partition coefficient (Wildman–Crippen LogP) is 2.84. The average Bonchev–Trinajstić information content (AvgIpc) is 3.19. The highest BCUT2D eigenvalue weighted by Crippen LogP contribution is 2.43. The molecule has 0 saturated heterocycles. The molecule has 1 fully saturated rings. The molecule has 1 saturated carbocycles. The van der Waals surface area contributed by atoms with E-state index in [9.17, 15) is 9.18 Å². The normalized spacial score (nSPS) is 19.9. The highest BCUT2D eigenvalue weighted by molar-refractivity contribution is 6.03. The number of hydrogen-bond donors (Lipinski definition) is 1. The third kappa shape index (κ3) is 2.18. The van der Waals surface area contributed by atoms with Crippen molar-refractivity contribution >= 4 is 22.8 Å². The van der Waals surface area contributed by atoms with Gasteiger partial charge in [0.25, 0.3) is 5.91 Å². The molecule has 6 heteroatoms. The lowest BCUT2D eigenvalue weighted by Crippen LogP contribution is -2.15. The van der Waals surface area contributed by atoms with E-state index in [2.05, 4.69) is 10.1 Å². The summed E-state index contributed by atoms with van der Waals surface area (Å²) in [6.45, 7) is 1.86. The number of aromatic nitrogens is 3. The van der Waals surface area contributed by atoms with Crippen molar-refractivity contribution in [2.24, 2.45) is 0 Å². The van der Waals surface area contributed by atoms with Crippen LogP contribution in [0.4, 0.5) is 10.2 Å². The van der Waals surface area contributed by atoms with E-state index in [4.69, 9.17) is 5.73 Å². The second kappa shape index (κ2) is 4.87. The van der Waals surface area contributed by atoms with Crippen LogP contribution in [0.2, 0.25) is 0 Å². The lowest BCUT2D eigenvalue weighted by Gasteiger charge is -2.05. The maximum absolute atomic E-state index is 13.3. The molecule has 2 aromatic heterocycles. The maximum Gasteiger partial charge on any atom is 0.280 e. The summed E-state index contributed by atoms with van der Waals surface area (Å²) in [7, 11) is 0. The van der Waals surface area contributed by atoms with Crippen LogP contribution in [0.15, 0.2) is 36.4 Å². The molecule has 3 aromatic rings. The van der Waals surface area contributed by atoms with Crippen molar-refractivity contribution in [1.29, 1.82) is 0 Å². The van der Waals surface area contributed by atoms with Crippen molar-refractivity contribution < 1.29 is 9.18 Å². The zero-order valence-electron chi connectivity index (χ0n) is 12.5. The first kappa shape index (κ1) is 13.9. The second-order valence-electron chi connectivity index (χ2n) is 5.88. The van der Waals surface area contributed by atoms with Crippen LogP contribution in [0.1, 0.15) is 34.0 Å². The minimum absolute atomic E-state index is 0.183. The first-order valence-electron chi connectivity index (χ1n) is 7.46. The average molecular weight is 310 g/mol. The van der Waals surface area contributed by atoms with Gasteiger partial charge in [0.05, 0.1) is 5.39 Å². The van der Waals surface area contributed by atoms with Gasteiger partial charge in [-0.15, -0.1) is 5.10 Å². The van der Waals surface area contributed by atoms with Gasteiger partial charge in [-0.05, 0) is 37.1 Å². The Balaban J connectivity index is 1.86. The van der Waals surface area contributed by atoms with Gasteiger partial charge in [-0.2, -0.15) is 4.68 Å². The van der Waals surface area contributed by atoms with Crippen molar-refractivity contribution in [2.75, 3.05) is 5.73 Å². The molecule has 1 aromatic carbocycles. The number of nitrogen functional groups attached to an aromatic ring is 1. The molecular formula is C17H15FN4O. The van der Waals surface area contributed by atoms with E-state index >= 15 is 0 Å². The molecular weight excluding hydrogens is 295 g/mol. The fourth-order valence-electron chi connectivity index (χ4n) is 2.78. The number of carbonyl (C=O) groups is 1. The van der Waals surface area contributed by atoms with Crippen LogP contribution in [-0.4, -0.2) is 26.8 Å². The largest absolute Gasteiger partial charge is 0.382 e. The Morgan fingerprint density at radius 2 is 2.04 bits per heavy atom. The molecule has 2 atom stereocenters. The molecule has 0 aliphatic heterocycles. The number of carbonyl (C=O) groups excluding carboxylic acids is 1. The van der Waals surface area contributed by atoms with Crippen LogP contribution < -0.4 is 5.73 Å². The summed E-state index contributed by atoms with van der Waals surface area (Å²) >= 11 is 0. The number of nitrogens with two attached hydrogens (primary N) is 1. The number of pyridine rings is 1. The summed E-state index contributed by atoms with van der Waals surface area (Å²) in [5.74, 6) is -0.229. The third-order valence-electron chi connectivity index (χ3n) is 4.24. The molecule has 0 unspecified atom stereocenters. The van der Waals surface area contributed by atoms with Gasteiger partial charge in [0.15, 0.2) is 11.5 Å². The first-order valence-corrected chi connectivity index (χ1v) is 7.46. The summed E-state index contributed by atoms with van der Waals surface area (Å²) in [5.41, 5.74) is 8.32. The Morgan fingerprint density at radius 1 is 1.30 bits per heavy atom. The van der Waals surface area contributed by atoms with Crippen LogP contribution in [0.25, 0.3) is 11.0 Å². The van der Waals surface area contributed by atoms with Gasteiger partial charge in [-0.25, -0.2) is 9.37 Å². The molecule has 1 aliphatic carbocycles. The number of halogens is 1. The number of alkyl halides is 1. The monoisotopic (exact) mass is 310 g/mol. The zero-order chi connectivity index (χ0) is 16.1. The quantitative estimate of drug-likeness (QED) is 0.790. The van der Waals surface area contributed by atoms with Crippen molar-refractivity contribution in [1.82, 2.24) is 14.8 Å². The minimum Gasteiger partial charge on any atom is -0.382 e.